The lowest BCUT2D eigenvalue weighted by Crippen LogP contribution is -2.28. The van der Waals surface area contributed by atoms with Crippen LogP contribution < -0.4 is 10.5 Å². The standard InChI is InChI=1S/C12H17BrN2O2/c1-4-12(2,3)17-10-6-5-8(13)7-9(10)11(14)15-16/h5-7,16H,4H2,1-3H3,(H2,14,15). The van der Waals surface area contributed by atoms with Gasteiger partial charge in [0, 0.05) is 4.47 Å². The van der Waals surface area contributed by atoms with Crippen molar-refractivity contribution in [2.24, 2.45) is 10.9 Å². The molecule has 17 heavy (non-hydrogen) atoms. The zero-order chi connectivity index (χ0) is 13.1. The second-order valence-corrected chi connectivity index (χ2v) is 5.26. The number of nitrogens with two attached hydrogens (primary N) is 1. The summed E-state index contributed by atoms with van der Waals surface area (Å²) in [6.45, 7) is 6.03. The first-order valence-electron chi connectivity index (χ1n) is 5.36. The highest BCUT2D eigenvalue weighted by atomic mass is 79.9. The van der Waals surface area contributed by atoms with Crippen LogP contribution in [0.1, 0.15) is 32.8 Å². The first kappa shape index (κ1) is 13.8. The maximum Gasteiger partial charge on any atom is 0.173 e. The third-order valence-corrected chi connectivity index (χ3v) is 3.06. The van der Waals surface area contributed by atoms with Crippen LogP contribution in [-0.4, -0.2) is 16.6 Å². The number of nitrogens with zero attached hydrogens (tertiary/aromatic N) is 1. The molecular formula is C12H17BrN2O2. The maximum atomic E-state index is 8.75. The quantitative estimate of drug-likeness (QED) is 0.388. The van der Waals surface area contributed by atoms with E-state index in [9.17, 15) is 0 Å². The minimum Gasteiger partial charge on any atom is -0.487 e. The zero-order valence-electron chi connectivity index (χ0n) is 10.2. The molecule has 0 aliphatic carbocycles. The van der Waals surface area contributed by atoms with Gasteiger partial charge in [-0.1, -0.05) is 28.0 Å². The minimum atomic E-state index is -0.293. The first-order chi connectivity index (χ1) is 7.89. The molecule has 0 heterocycles. The number of hydrogen-bond acceptors (Lipinski definition) is 3. The van der Waals surface area contributed by atoms with Gasteiger partial charge >= 0.3 is 0 Å². The highest BCUT2D eigenvalue weighted by molar-refractivity contribution is 9.10. The molecule has 0 spiro atoms. The molecule has 0 atom stereocenters. The Bertz CT molecular complexity index is 431. The van der Waals surface area contributed by atoms with Crippen molar-refractivity contribution in [1.82, 2.24) is 0 Å². The molecule has 0 aromatic heterocycles. The molecule has 0 aliphatic rings. The molecule has 5 heteroatoms. The average molecular weight is 301 g/mol. The van der Waals surface area contributed by atoms with Gasteiger partial charge in [0.15, 0.2) is 5.84 Å². The van der Waals surface area contributed by atoms with Crippen molar-refractivity contribution >= 4 is 21.8 Å². The fourth-order valence-corrected chi connectivity index (χ4v) is 1.58. The number of amidine groups is 1. The second-order valence-electron chi connectivity index (χ2n) is 4.34. The molecule has 0 aliphatic heterocycles. The predicted octanol–water partition coefficient (Wildman–Crippen LogP) is 3.11. The van der Waals surface area contributed by atoms with E-state index in [2.05, 4.69) is 21.1 Å². The van der Waals surface area contributed by atoms with Crippen LogP contribution in [0.2, 0.25) is 0 Å². The van der Waals surface area contributed by atoms with Crippen LogP contribution in [0.3, 0.4) is 0 Å². The Labute approximate surface area is 110 Å². The number of benzene rings is 1. The summed E-state index contributed by atoms with van der Waals surface area (Å²) in [5.74, 6) is 0.642. The van der Waals surface area contributed by atoms with Crippen molar-refractivity contribution < 1.29 is 9.94 Å². The summed E-state index contributed by atoms with van der Waals surface area (Å²) in [6.07, 6.45) is 0.860. The zero-order valence-corrected chi connectivity index (χ0v) is 11.8. The molecule has 0 bridgehead atoms. The van der Waals surface area contributed by atoms with Gasteiger partial charge in [0.2, 0.25) is 0 Å². The molecule has 1 rings (SSSR count). The third kappa shape index (κ3) is 3.63. The first-order valence-corrected chi connectivity index (χ1v) is 6.15. The van der Waals surface area contributed by atoms with Gasteiger partial charge in [0.05, 0.1) is 5.56 Å². The monoisotopic (exact) mass is 300 g/mol. The Hall–Kier alpha value is -1.23. The predicted molar refractivity (Wildman–Crippen MR) is 71.7 cm³/mol. The van der Waals surface area contributed by atoms with Crippen molar-refractivity contribution in [3.63, 3.8) is 0 Å². The lowest BCUT2D eigenvalue weighted by molar-refractivity contribution is 0.105. The molecular weight excluding hydrogens is 284 g/mol. The van der Waals surface area contributed by atoms with Crippen LogP contribution in [-0.2, 0) is 0 Å². The minimum absolute atomic E-state index is 0.0354. The molecule has 0 saturated carbocycles. The highest BCUT2D eigenvalue weighted by Crippen LogP contribution is 2.27. The van der Waals surface area contributed by atoms with Gasteiger partial charge in [-0.15, -0.1) is 0 Å². The summed E-state index contributed by atoms with van der Waals surface area (Å²) < 4.78 is 6.72. The van der Waals surface area contributed by atoms with Crippen molar-refractivity contribution in [3.05, 3.63) is 28.2 Å². The van der Waals surface area contributed by atoms with Gasteiger partial charge in [0.1, 0.15) is 11.4 Å². The number of rotatable bonds is 4. The van der Waals surface area contributed by atoms with Gasteiger partial charge in [0.25, 0.3) is 0 Å². The lowest BCUT2D eigenvalue weighted by atomic mass is 10.1. The molecule has 3 N–H and O–H groups in total. The Balaban J connectivity index is 3.15. The number of hydrogen-bond donors (Lipinski definition) is 2. The van der Waals surface area contributed by atoms with E-state index in [1.807, 2.05) is 26.8 Å². The van der Waals surface area contributed by atoms with Gasteiger partial charge in [-0.05, 0) is 38.5 Å². The topological polar surface area (TPSA) is 67.8 Å². The van der Waals surface area contributed by atoms with Crippen molar-refractivity contribution in [3.8, 4) is 5.75 Å². The van der Waals surface area contributed by atoms with Crippen LogP contribution in [0.25, 0.3) is 0 Å². The summed E-state index contributed by atoms with van der Waals surface area (Å²) in [7, 11) is 0. The number of ether oxygens (including phenoxy) is 1. The third-order valence-electron chi connectivity index (χ3n) is 2.56. The van der Waals surface area contributed by atoms with Crippen LogP contribution >= 0.6 is 15.9 Å². The van der Waals surface area contributed by atoms with Crippen LogP contribution in [0.15, 0.2) is 27.8 Å². The van der Waals surface area contributed by atoms with E-state index in [-0.39, 0.29) is 11.4 Å². The normalized spacial score (nSPS) is 12.6. The van der Waals surface area contributed by atoms with Gasteiger partial charge in [-0.3, -0.25) is 0 Å². The number of halogens is 1. The van der Waals surface area contributed by atoms with E-state index >= 15 is 0 Å². The summed E-state index contributed by atoms with van der Waals surface area (Å²) >= 11 is 3.34. The summed E-state index contributed by atoms with van der Waals surface area (Å²) in [5.41, 5.74) is 5.90. The van der Waals surface area contributed by atoms with E-state index in [1.165, 1.54) is 0 Å². The molecule has 4 nitrogen and oxygen atoms in total. The van der Waals surface area contributed by atoms with Crippen LogP contribution in [0, 0.1) is 0 Å². The smallest absolute Gasteiger partial charge is 0.173 e. The van der Waals surface area contributed by atoms with Crippen molar-refractivity contribution in [2.45, 2.75) is 32.8 Å². The fourth-order valence-electron chi connectivity index (χ4n) is 1.22. The van der Waals surface area contributed by atoms with E-state index in [0.717, 1.165) is 10.9 Å². The molecule has 0 amide bonds. The number of oxime groups is 1. The van der Waals surface area contributed by atoms with Crippen LogP contribution in [0.4, 0.5) is 0 Å². The van der Waals surface area contributed by atoms with Gasteiger partial charge < -0.3 is 15.7 Å². The lowest BCUT2D eigenvalue weighted by Gasteiger charge is -2.26. The second kappa shape index (κ2) is 5.40. The molecule has 0 unspecified atom stereocenters. The van der Waals surface area contributed by atoms with Crippen LogP contribution in [0.5, 0.6) is 5.75 Å². The fraction of sp³-hybridized carbons (Fsp3) is 0.417. The molecule has 0 radical (unpaired) electrons. The molecule has 0 saturated heterocycles. The molecule has 1 aromatic carbocycles. The van der Waals surface area contributed by atoms with E-state index in [1.54, 1.807) is 12.1 Å². The Morgan fingerprint density at radius 2 is 2.18 bits per heavy atom. The Morgan fingerprint density at radius 3 is 2.71 bits per heavy atom. The summed E-state index contributed by atoms with van der Waals surface area (Å²) in [4.78, 5) is 0. The van der Waals surface area contributed by atoms with Gasteiger partial charge in [-0.25, -0.2) is 0 Å². The summed E-state index contributed by atoms with van der Waals surface area (Å²) in [5, 5.41) is 11.8. The average Bonchev–Trinajstić information content (AvgIpc) is 2.30. The van der Waals surface area contributed by atoms with E-state index < -0.39 is 0 Å². The molecule has 1 aromatic rings. The molecule has 94 valence electrons. The largest absolute Gasteiger partial charge is 0.487 e. The highest BCUT2D eigenvalue weighted by Gasteiger charge is 2.20. The SMILES string of the molecule is CCC(C)(C)Oc1ccc(Br)cc1/C(N)=N/O. The Morgan fingerprint density at radius 1 is 1.53 bits per heavy atom. The van der Waals surface area contributed by atoms with Crippen molar-refractivity contribution in [2.75, 3.05) is 0 Å². The van der Waals surface area contributed by atoms with Crippen molar-refractivity contribution in [1.29, 1.82) is 0 Å². The summed E-state index contributed by atoms with van der Waals surface area (Å²) in [6, 6.07) is 5.42. The van der Waals surface area contributed by atoms with E-state index in [4.69, 9.17) is 15.7 Å². The molecule has 0 fully saturated rings. The maximum absolute atomic E-state index is 8.75. The van der Waals surface area contributed by atoms with E-state index in [0.29, 0.717) is 11.3 Å². The Kier molecular flexibility index (Phi) is 4.40. The van der Waals surface area contributed by atoms with Gasteiger partial charge in [-0.2, -0.15) is 0 Å².